The van der Waals surface area contributed by atoms with Crippen molar-refractivity contribution in [3.63, 3.8) is 0 Å². The van der Waals surface area contributed by atoms with Crippen LogP contribution >= 0.6 is 0 Å². The van der Waals surface area contributed by atoms with Crippen molar-refractivity contribution in [3.05, 3.63) is 24.7 Å². The molecule has 26 heavy (non-hydrogen) atoms. The van der Waals surface area contributed by atoms with E-state index in [9.17, 15) is 0 Å². The summed E-state index contributed by atoms with van der Waals surface area (Å²) in [6.45, 7) is 6.73. The highest BCUT2D eigenvalue weighted by atomic mass is 15.4. The summed E-state index contributed by atoms with van der Waals surface area (Å²) >= 11 is 0. The van der Waals surface area contributed by atoms with Gasteiger partial charge in [0.1, 0.15) is 0 Å². The lowest BCUT2D eigenvalue weighted by molar-refractivity contribution is 0.445. The number of hydrogen-bond acceptors (Lipinski definition) is 8. The fourth-order valence-corrected chi connectivity index (χ4v) is 3.85. The van der Waals surface area contributed by atoms with E-state index in [1.807, 2.05) is 12.3 Å². The smallest absolute Gasteiger partial charge is 0.247 e. The van der Waals surface area contributed by atoms with Crippen molar-refractivity contribution in [2.45, 2.75) is 38.6 Å². The van der Waals surface area contributed by atoms with Gasteiger partial charge >= 0.3 is 0 Å². The molecule has 1 unspecified atom stereocenters. The second kappa shape index (κ2) is 7.80. The van der Waals surface area contributed by atoms with Crippen molar-refractivity contribution in [3.8, 4) is 0 Å². The van der Waals surface area contributed by atoms with Crippen LogP contribution in [0.4, 0.5) is 17.7 Å². The van der Waals surface area contributed by atoms with E-state index in [-0.39, 0.29) is 0 Å². The second-order valence-electron chi connectivity index (χ2n) is 6.89. The molecule has 4 rings (SSSR count). The predicted octanol–water partition coefficient (Wildman–Crippen LogP) is 1.76. The minimum Gasteiger partial charge on any atom is -0.352 e. The Morgan fingerprint density at radius 1 is 0.962 bits per heavy atom. The number of hydrogen-bond donors (Lipinski definition) is 0. The first-order chi connectivity index (χ1) is 12.8. The summed E-state index contributed by atoms with van der Waals surface area (Å²) in [6, 6.07) is 2.41. The molecule has 8 heteroatoms. The maximum absolute atomic E-state index is 4.84. The highest BCUT2D eigenvalue weighted by Gasteiger charge is 2.25. The van der Waals surface area contributed by atoms with E-state index in [0.29, 0.717) is 6.04 Å². The lowest BCUT2D eigenvalue weighted by atomic mass is 10.0. The summed E-state index contributed by atoms with van der Waals surface area (Å²) in [5.41, 5.74) is 0. The van der Waals surface area contributed by atoms with E-state index in [0.717, 1.165) is 56.9 Å². The molecular weight excluding hydrogens is 328 g/mol. The van der Waals surface area contributed by atoms with Gasteiger partial charge in [-0.1, -0.05) is 6.92 Å². The van der Waals surface area contributed by atoms with Gasteiger partial charge in [0, 0.05) is 51.2 Å². The molecule has 1 atom stereocenters. The van der Waals surface area contributed by atoms with Gasteiger partial charge in [0.05, 0.1) is 6.20 Å². The summed E-state index contributed by atoms with van der Waals surface area (Å²) in [7, 11) is 0. The number of anilines is 3. The zero-order chi connectivity index (χ0) is 17.8. The van der Waals surface area contributed by atoms with Crippen LogP contribution in [-0.2, 0) is 0 Å². The Balaban J connectivity index is 1.44. The molecule has 0 spiro atoms. The molecule has 2 aliphatic rings. The average Bonchev–Trinajstić information content (AvgIpc) is 2.74. The molecule has 2 saturated heterocycles. The fraction of sp³-hybridized carbons (Fsp3) is 0.611. The van der Waals surface area contributed by atoms with Crippen molar-refractivity contribution in [2.24, 2.45) is 0 Å². The first-order valence-electron chi connectivity index (χ1n) is 9.58. The monoisotopic (exact) mass is 354 g/mol. The highest BCUT2D eigenvalue weighted by molar-refractivity contribution is 5.44. The minimum atomic E-state index is 0.570. The molecule has 0 aliphatic carbocycles. The standard InChI is InChI=1S/C18H26N8/c1-2-15-6-3-4-9-26(15)16-14-21-23-18(22-16)25-12-10-24(11-13-25)17-19-7-5-8-20-17/h5,7-8,14-15H,2-4,6,9-13H2,1H3. The molecule has 0 saturated carbocycles. The fourth-order valence-electron chi connectivity index (χ4n) is 3.85. The Morgan fingerprint density at radius 3 is 2.42 bits per heavy atom. The first kappa shape index (κ1) is 16.9. The molecule has 2 aliphatic heterocycles. The molecule has 0 radical (unpaired) electrons. The van der Waals surface area contributed by atoms with Gasteiger partial charge in [-0.15, -0.1) is 5.10 Å². The Morgan fingerprint density at radius 2 is 1.69 bits per heavy atom. The summed E-state index contributed by atoms with van der Waals surface area (Å²) in [5.74, 6) is 2.49. The Bertz CT molecular complexity index is 701. The van der Waals surface area contributed by atoms with Crippen LogP contribution in [-0.4, -0.2) is 63.9 Å². The highest BCUT2D eigenvalue weighted by Crippen LogP contribution is 2.25. The Labute approximate surface area is 154 Å². The molecule has 4 heterocycles. The van der Waals surface area contributed by atoms with E-state index in [4.69, 9.17) is 4.98 Å². The van der Waals surface area contributed by atoms with E-state index >= 15 is 0 Å². The van der Waals surface area contributed by atoms with Crippen LogP contribution < -0.4 is 14.7 Å². The summed E-state index contributed by atoms with van der Waals surface area (Å²) in [6.07, 6.45) is 10.3. The topological polar surface area (TPSA) is 74.2 Å². The SMILES string of the molecule is CCC1CCCCN1c1cnnc(N2CCN(c3ncccn3)CC2)n1. The van der Waals surface area contributed by atoms with Crippen molar-refractivity contribution < 1.29 is 0 Å². The zero-order valence-electron chi connectivity index (χ0n) is 15.3. The van der Waals surface area contributed by atoms with Crippen LogP contribution in [0.25, 0.3) is 0 Å². The van der Waals surface area contributed by atoms with Crippen LogP contribution in [0.3, 0.4) is 0 Å². The molecule has 2 aromatic heterocycles. The average molecular weight is 354 g/mol. The van der Waals surface area contributed by atoms with Gasteiger partial charge in [-0.25, -0.2) is 9.97 Å². The van der Waals surface area contributed by atoms with Crippen molar-refractivity contribution >= 4 is 17.7 Å². The second-order valence-corrected chi connectivity index (χ2v) is 6.89. The lowest BCUT2D eigenvalue weighted by Crippen LogP contribution is -2.48. The van der Waals surface area contributed by atoms with E-state index in [1.165, 1.54) is 19.3 Å². The number of aromatic nitrogens is 5. The van der Waals surface area contributed by atoms with Crippen molar-refractivity contribution in [1.29, 1.82) is 0 Å². The molecule has 0 bridgehead atoms. The van der Waals surface area contributed by atoms with E-state index in [2.05, 4.69) is 41.8 Å². The van der Waals surface area contributed by atoms with Crippen LogP contribution in [0.15, 0.2) is 24.7 Å². The van der Waals surface area contributed by atoms with Crippen LogP contribution in [0.5, 0.6) is 0 Å². The van der Waals surface area contributed by atoms with E-state index in [1.54, 1.807) is 12.4 Å². The number of piperazine rings is 1. The van der Waals surface area contributed by atoms with E-state index < -0.39 is 0 Å². The molecule has 138 valence electrons. The summed E-state index contributed by atoms with van der Waals surface area (Å²) in [4.78, 5) is 20.3. The third kappa shape index (κ3) is 3.54. The van der Waals surface area contributed by atoms with Gasteiger partial charge < -0.3 is 14.7 Å². The van der Waals surface area contributed by atoms with Crippen molar-refractivity contribution in [2.75, 3.05) is 47.4 Å². The maximum atomic E-state index is 4.84. The third-order valence-corrected chi connectivity index (χ3v) is 5.33. The van der Waals surface area contributed by atoms with Crippen LogP contribution in [0, 0.1) is 0 Å². The van der Waals surface area contributed by atoms with Gasteiger partial charge in [-0.05, 0) is 31.7 Å². The number of piperidine rings is 1. The van der Waals surface area contributed by atoms with Gasteiger partial charge in [-0.2, -0.15) is 10.1 Å². The third-order valence-electron chi connectivity index (χ3n) is 5.33. The summed E-state index contributed by atoms with van der Waals surface area (Å²) < 4.78 is 0. The quantitative estimate of drug-likeness (QED) is 0.822. The molecule has 0 aromatic carbocycles. The molecule has 8 nitrogen and oxygen atoms in total. The van der Waals surface area contributed by atoms with Crippen molar-refractivity contribution in [1.82, 2.24) is 25.1 Å². The predicted molar refractivity (Wildman–Crippen MR) is 102 cm³/mol. The molecule has 0 N–H and O–H groups in total. The van der Waals surface area contributed by atoms with Gasteiger partial charge in [0.25, 0.3) is 0 Å². The van der Waals surface area contributed by atoms with Gasteiger partial charge in [-0.3, -0.25) is 0 Å². The molecule has 0 amide bonds. The largest absolute Gasteiger partial charge is 0.352 e. The Hall–Kier alpha value is -2.51. The van der Waals surface area contributed by atoms with Crippen LogP contribution in [0.2, 0.25) is 0 Å². The Kier molecular flexibility index (Phi) is 5.08. The van der Waals surface area contributed by atoms with Crippen LogP contribution in [0.1, 0.15) is 32.6 Å². The lowest BCUT2D eigenvalue weighted by Gasteiger charge is -2.37. The molecule has 2 fully saturated rings. The summed E-state index contributed by atoms with van der Waals surface area (Å²) in [5, 5.41) is 8.54. The molecule has 2 aromatic rings. The van der Waals surface area contributed by atoms with Gasteiger partial charge in [0.15, 0.2) is 5.82 Å². The van der Waals surface area contributed by atoms with Gasteiger partial charge in [0.2, 0.25) is 11.9 Å². The minimum absolute atomic E-state index is 0.570. The zero-order valence-corrected chi connectivity index (χ0v) is 15.3. The normalized spacial score (nSPS) is 21.1. The number of nitrogens with zero attached hydrogens (tertiary/aromatic N) is 8. The number of rotatable bonds is 4. The maximum Gasteiger partial charge on any atom is 0.247 e. The first-order valence-corrected chi connectivity index (χ1v) is 9.58. The molecular formula is C18H26N8.